The van der Waals surface area contributed by atoms with Gasteiger partial charge in [-0.2, -0.15) is 0 Å². The number of hydrogen-bond donors (Lipinski definition) is 2. The van der Waals surface area contributed by atoms with Crippen LogP contribution in [0.15, 0.2) is 24.3 Å². The number of benzene rings is 1. The van der Waals surface area contributed by atoms with Crippen LogP contribution in [-0.2, 0) is 0 Å². The Kier molecular flexibility index (Phi) is 6.79. The van der Waals surface area contributed by atoms with E-state index in [1.54, 1.807) is 0 Å². The molecule has 2 unspecified atom stereocenters. The van der Waals surface area contributed by atoms with Gasteiger partial charge in [0.05, 0.1) is 0 Å². The van der Waals surface area contributed by atoms with Crippen LogP contribution in [0.25, 0.3) is 0 Å². The van der Waals surface area contributed by atoms with Crippen LogP contribution in [0.1, 0.15) is 62.8 Å². The van der Waals surface area contributed by atoms with Crippen LogP contribution in [-0.4, -0.2) is 25.7 Å². The first-order chi connectivity index (χ1) is 11.3. The van der Waals surface area contributed by atoms with Crippen molar-refractivity contribution < 1.29 is 0 Å². The minimum atomic E-state index is 0.723. The Bertz CT molecular complexity index is 470. The summed E-state index contributed by atoms with van der Waals surface area (Å²) in [6.45, 7) is 3.54. The molecular formula is C20H31ClN2. The molecule has 128 valence electrons. The smallest absolute Gasteiger partial charge is 0.0408 e. The molecular weight excluding hydrogens is 304 g/mol. The molecule has 0 spiro atoms. The van der Waals surface area contributed by atoms with Crippen molar-refractivity contribution in [3.05, 3.63) is 34.9 Å². The monoisotopic (exact) mass is 334 g/mol. The molecule has 0 radical (unpaired) electrons. The Morgan fingerprint density at radius 3 is 2.74 bits per heavy atom. The summed E-state index contributed by atoms with van der Waals surface area (Å²) in [7, 11) is 0. The van der Waals surface area contributed by atoms with Crippen molar-refractivity contribution >= 4 is 11.6 Å². The Morgan fingerprint density at radius 2 is 1.91 bits per heavy atom. The lowest BCUT2D eigenvalue weighted by atomic mass is 9.73. The third-order valence-electron chi connectivity index (χ3n) is 5.71. The lowest BCUT2D eigenvalue weighted by Gasteiger charge is -2.32. The molecule has 3 rings (SSSR count). The lowest BCUT2D eigenvalue weighted by molar-refractivity contribution is 0.280. The van der Waals surface area contributed by atoms with Crippen LogP contribution in [0.3, 0.4) is 0 Å². The van der Waals surface area contributed by atoms with Crippen molar-refractivity contribution in [3.8, 4) is 0 Å². The number of nitrogens with one attached hydrogen (secondary N) is 2. The highest BCUT2D eigenvalue weighted by Crippen LogP contribution is 2.40. The quantitative estimate of drug-likeness (QED) is 0.734. The highest BCUT2D eigenvalue weighted by Gasteiger charge is 2.26. The summed E-state index contributed by atoms with van der Waals surface area (Å²) < 4.78 is 0. The number of rotatable bonds is 6. The molecule has 1 saturated carbocycles. The molecule has 1 aliphatic carbocycles. The van der Waals surface area contributed by atoms with E-state index in [9.17, 15) is 0 Å². The summed E-state index contributed by atoms with van der Waals surface area (Å²) in [4.78, 5) is 0. The summed E-state index contributed by atoms with van der Waals surface area (Å²) in [6.07, 6.45) is 10.8. The molecule has 2 atom stereocenters. The largest absolute Gasteiger partial charge is 0.317 e. The van der Waals surface area contributed by atoms with E-state index >= 15 is 0 Å². The second-order valence-corrected chi connectivity index (χ2v) is 7.76. The highest BCUT2D eigenvalue weighted by molar-refractivity contribution is 6.30. The fourth-order valence-electron chi connectivity index (χ4n) is 4.43. The number of hydrogen-bond acceptors (Lipinski definition) is 2. The first kappa shape index (κ1) is 17.3. The van der Waals surface area contributed by atoms with Gasteiger partial charge in [-0.1, -0.05) is 36.6 Å². The zero-order valence-corrected chi connectivity index (χ0v) is 15.0. The molecule has 1 aliphatic heterocycles. The Labute approximate surface area is 146 Å². The van der Waals surface area contributed by atoms with Gasteiger partial charge in [0.1, 0.15) is 0 Å². The summed E-state index contributed by atoms with van der Waals surface area (Å²) in [6, 6.07) is 9.32. The maximum atomic E-state index is 6.21. The average Bonchev–Trinajstić information content (AvgIpc) is 2.60. The van der Waals surface area contributed by atoms with Crippen LogP contribution in [0, 0.1) is 5.92 Å². The standard InChI is InChI=1S/C20H31ClN2/c21-18-8-3-6-17(15-18)20-9-2-1-5-16(20)7-4-12-23-19-10-13-22-14-11-19/h3,6,8,15-16,19-20,22-23H,1-2,4-5,7,9-14H2. The fraction of sp³-hybridized carbons (Fsp3) is 0.700. The molecule has 1 aromatic carbocycles. The molecule has 2 aliphatic rings. The zero-order chi connectivity index (χ0) is 15.9. The van der Waals surface area contributed by atoms with Crippen LogP contribution in [0.2, 0.25) is 5.02 Å². The van der Waals surface area contributed by atoms with Crippen molar-refractivity contribution in [2.75, 3.05) is 19.6 Å². The summed E-state index contributed by atoms with van der Waals surface area (Å²) >= 11 is 6.21. The number of piperidine rings is 1. The minimum Gasteiger partial charge on any atom is -0.317 e. The Morgan fingerprint density at radius 1 is 1.09 bits per heavy atom. The van der Waals surface area contributed by atoms with Gasteiger partial charge in [-0.3, -0.25) is 0 Å². The third kappa shape index (κ3) is 5.20. The van der Waals surface area contributed by atoms with Crippen molar-refractivity contribution in [2.45, 2.75) is 63.3 Å². The normalized spacial score (nSPS) is 26.3. The molecule has 2 nitrogen and oxygen atoms in total. The summed E-state index contributed by atoms with van der Waals surface area (Å²) in [5, 5.41) is 8.09. The maximum Gasteiger partial charge on any atom is 0.0408 e. The fourth-order valence-corrected chi connectivity index (χ4v) is 4.62. The molecule has 2 N–H and O–H groups in total. The SMILES string of the molecule is Clc1cccc(C2CCCCC2CCCNC2CCNCC2)c1. The Hall–Kier alpha value is -0.570. The van der Waals surface area contributed by atoms with Gasteiger partial charge >= 0.3 is 0 Å². The third-order valence-corrected chi connectivity index (χ3v) is 5.94. The van der Waals surface area contributed by atoms with Crippen molar-refractivity contribution in [3.63, 3.8) is 0 Å². The van der Waals surface area contributed by atoms with E-state index in [-0.39, 0.29) is 0 Å². The predicted octanol–water partition coefficient (Wildman–Crippen LogP) is 4.74. The van der Waals surface area contributed by atoms with E-state index < -0.39 is 0 Å². The van der Waals surface area contributed by atoms with Crippen molar-refractivity contribution in [1.82, 2.24) is 10.6 Å². The number of halogens is 1. The van der Waals surface area contributed by atoms with Gasteiger partial charge in [0.15, 0.2) is 0 Å². The van der Waals surface area contributed by atoms with Crippen LogP contribution in [0.5, 0.6) is 0 Å². The van der Waals surface area contributed by atoms with Crippen LogP contribution < -0.4 is 10.6 Å². The Balaban J connectivity index is 1.46. The van der Waals surface area contributed by atoms with Gasteiger partial charge in [-0.05, 0) is 87.7 Å². The van der Waals surface area contributed by atoms with E-state index in [4.69, 9.17) is 11.6 Å². The molecule has 0 amide bonds. The van der Waals surface area contributed by atoms with Gasteiger partial charge < -0.3 is 10.6 Å². The van der Waals surface area contributed by atoms with Gasteiger partial charge in [0, 0.05) is 11.1 Å². The summed E-state index contributed by atoms with van der Waals surface area (Å²) in [5.41, 5.74) is 1.47. The van der Waals surface area contributed by atoms with Gasteiger partial charge in [0.25, 0.3) is 0 Å². The first-order valence-electron chi connectivity index (χ1n) is 9.52. The first-order valence-corrected chi connectivity index (χ1v) is 9.90. The van der Waals surface area contributed by atoms with E-state index in [1.807, 2.05) is 6.07 Å². The zero-order valence-electron chi connectivity index (χ0n) is 14.2. The van der Waals surface area contributed by atoms with E-state index in [1.165, 1.54) is 76.6 Å². The predicted molar refractivity (Wildman–Crippen MR) is 99.3 cm³/mol. The van der Waals surface area contributed by atoms with Crippen LogP contribution in [0.4, 0.5) is 0 Å². The molecule has 0 bridgehead atoms. The molecule has 1 saturated heterocycles. The topological polar surface area (TPSA) is 24.1 Å². The maximum absolute atomic E-state index is 6.21. The molecule has 2 fully saturated rings. The van der Waals surface area contributed by atoms with Gasteiger partial charge in [0.2, 0.25) is 0 Å². The van der Waals surface area contributed by atoms with E-state index in [0.717, 1.165) is 22.9 Å². The van der Waals surface area contributed by atoms with Crippen molar-refractivity contribution in [2.24, 2.45) is 5.92 Å². The molecule has 1 aromatic rings. The minimum absolute atomic E-state index is 0.723. The second-order valence-electron chi connectivity index (χ2n) is 7.33. The second kappa shape index (κ2) is 9.05. The molecule has 1 heterocycles. The highest BCUT2D eigenvalue weighted by atomic mass is 35.5. The molecule has 23 heavy (non-hydrogen) atoms. The molecule has 3 heteroatoms. The molecule has 0 aromatic heterocycles. The summed E-state index contributed by atoms with van der Waals surface area (Å²) in [5.74, 6) is 1.57. The van der Waals surface area contributed by atoms with Gasteiger partial charge in [-0.15, -0.1) is 0 Å². The van der Waals surface area contributed by atoms with Crippen molar-refractivity contribution in [1.29, 1.82) is 0 Å². The average molecular weight is 335 g/mol. The van der Waals surface area contributed by atoms with Crippen LogP contribution >= 0.6 is 11.6 Å². The van der Waals surface area contributed by atoms with E-state index in [0.29, 0.717) is 0 Å². The van der Waals surface area contributed by atoms with Gasteiger partial charge in [-0.25, -0.2) is 0 Å². The lowest BCUT2D eigenvalue weighted by Crippen LogP contribution is -2.40. The van der Waals surface area contributed by atoms with E-state index in [2.05, 4.69) is 28.8 Å².